The van der Waals surface area contributed by atoms with Gasteiger partial charge in [-0.1, -0.05) is 12.1 Å². The molecule has 1 aromatic carbocycles. The van der Waals surface area contributed by atoms with Crippen molar-refractivity contribution in [2.24, 2.45) is 0 Å². The van der Waals surface area contributed by atoms with Gasteiger partial charge in [-0.25, -0.2) is 8.78 Å². The summed E-state index contributed by atoms with van der Waals surface area (Å²) in [6, 6.07) is 9.48. The number of methoxy groups -OCH3 is 1. The third-order valence-corrected chi connectivity index (χ3v) is 2.82. The predicted molar refractivity (Wildman–Crippen MR) is 71.8 cm³/mol. The molecular weight excluding hydrogens is 264 g/mol. The summed E-state index contributed by atoms with van der Waals surface area (Å²) in [6.45, 7) is 0.868. The molecule has 0 fully saturated rings. The Morgan fingerprint density at radius 1 is 1.20 bits per heavy atom. The molecule has 2 aromatic rings. The highest BCUT2D eigenvalue weighted by Crippen LogP contribution is 2.11. The number of alkyl halides is 2. The van der Waals surface area contributed by atoms with E-state index in [0.717, 1.165) is 17.0 Å². The van der Waals surface area contributed by atoms with Crippen LogP contribution in [0.4, 0.5) is 8.78 Å². The first-order valence-electron chi connectivity index (χ1n) is 6.31. The van der Waals surface area contributed by atoms with Gasteiger partial charge in [-0.05, 0) is 23.8 Å². The minimum absolute atomic E-state index is 0.363. The number of nitrogens with zero attached hydrogens (tertiary/aromatic N) is 2. The van der Waals surface area contributed by atoms with Gasteiger partial charge in [0.25, 0.3) is 6.43 Å². The molecule has 1 aromatic heterocycles. The second-order valence-corrected chi connectivity index (χ2v) is 4.37. The van der Waals surface area contributed by atoms with Crippen LogP contribution in [0.15, 0.2) is 36.5 Å². The van der Waals surface area contributed by atoms with Crippen molar-refractivity contribution in [3.8, 4) is 5.75 Å². The summed E-state index contributed by atoms with van der Waals surface area (Å²) in [5, 5.41) is 7.28. The van der Waals surface area contributed by atoms with Gasteiger partial charge in [0.1, 0.15) is 12.3 Å². The Labute approximate surface area is 116 Å². The van der Waals surface area contributed by atoms with Crippen LogP contribution < -0.4 is 10.1 Å². The van der Waals surface area contributed by atoms with Crippen LogP contribution in [-0.4, -0.2) is 23.3 Å². The average molecular weight is 281 g/mol. The summed E-state index contributed by atoms with van der Waals surface area (Å²) in [5.74, 6) is 0.819. The monoisotopic (exact) mass is 281 g/mol. The quantitative estimate of drug-likeness (QED) is 0.847. The molecule has 0 saturated carbocycles. The average Bonchev–Trinajstić information content (AvgIpc) is 2.86. The first-order valence-corrected chi connectivity index (χ1v) is 6.31. The van der Waals surface area contributed by atoms with Crippen LogP contribution >= 0.6 is 0 Å². The fraction of sp³-hybridized carbons (Fsp3) is 0.357. The fourth-order valence-electron chi connectivity index (χ4n) is 1.82. The highest BCUT2D eigenvalue weighted by molar-refractivity contribution is 5.27. The third-order valence-electron chi connectivity index (χ3n) is 2.82. The van der Waals surface area contributed by atoms with Gasteiger partial charge in [0.05, 0.1) is 12.8 Å². The second-order valence-electron chi connectivity index (χ2n) is 4.37. The molecule has 2 rings (SSSR count). The zero-order chi connectivity index (χ0) is 14.4. The van der Waals surface area contributed by atoms with Gasteiger partial charge in [0, 0.05) is 19.3 Å². The molecule has 1 N–H and O–H groups in total. The van der Waals surface area contributed by atoms with Gasteiger partial charge in [0.2, 0.25) is 0 Å². The van der Waals surface area contributed by atoms with Gasteiger partial charge < -0.3 is 10.1 Å². The smallest absolute Gasteiger partial charge is 0.257 e. The molecule has 6 heteroatoms. The van der Waals surface area contributed by atoms with Gasteiger partial charge in [-0.15, -0.1) is 0 Å². The SMILES string of the molecule is COc1ccc(CNCc2ccn(CC(F)F)n2)cc1. The minimum Gasteiger partial charge on any atom is -0.497 e. The van der Waals surface area contributed by atoms with Crippen molar-refractivity contribution in [3.05, 3.63) is 47.8 Å². The van der Waals surface area contributed by atoms with E-state index < -0.39 is 6.43 Å². The van der Waals surface area contributed by atoms with Crippen LogP contribution in [0.1, 0.15) is 11.3 Å². The van der Waals surface area contributed by atoms with Crippen LogP contribution in [0.5, 0.6) is 5.75 Å². The number of ether oxygens (including phenoxy) is 1. The maximum Gasteiger partial charge on any atom is 0.257 e. The van der Waals surface area contributed by atoms with Crippen molar-refractivity contribution in [2.75, 3.05) is 7.11 Å². The Bertz CT molecular complexity index is 525. The van der Waals surface area contributed by atoms with Crippen molar-refractivity contribution < 1.29 is 13.5 Å². The summed E-state index contributed by atoms with van der Waals surface area (Å²) in [5.41, 5.74) is 1.87. The molecule has 0 unspecified atom stereocenters. The Hall–Kier alpha value is -1.95. The van der Waals surface area contributed by atoms with E-state index in [1.807, 2.05) is 24.3 Å². The summed E-state index contributed by atoms with van der Waals surface area (Å²) in [6.07, 6.45) is -0.814. The lowest BCUT2D eigenvalue weighted by atomic mass is 10.2. The highest BCUT2D eigenvalue weighted by Gasteiger charge is 2.05. The summed E-state index contributed by atoms with van der Waals surface area (Å²) >= 11 is 0. The van der Waals surface area contributed by atoms with Crippen LogP contribution in [-0.2, 0) is 19.6 Å². The van der Waals surface area contributed by atoms with E-state index >= 15 is 0 Å². The number of aromatic nitrogens is 2. The van der Waals surface area contributed by atoms with Gasteiger partial charge in [-0.3, -0.25) is 4.68 Å². The number of benzene rings is 1. The normalized spacial score (nSPS) is 11.0. The van der Waals surface area contributed by atoms with Crippen molar-refractivity contribution in [1.29, 1.82) is 0 Å². The molecular formula is C14H17F2N3O. The molecule has 0 aliphatic heterocycles. The van der Waals surface area contributed by atoms with Gasteiger partial charge in [0.15, 0.2) is 0 Å². The molecule has 0 aliphatic carbocycles. The Kier molecular flexibility index (Phi) is 5.06. The minimum atomic E-state index is -2.38. The van der Waals surface area contributed by atoms with Crippen molar-refractivity contribution in [3.63, 3.8) is 0 Å². The molecule has 0 bridgehead atoms. The molecule has 0 saturated heterocycles. The largest absolute Gasteiger partial charge is 0.497 e. The number of rotatable bonds is 7. The Morgan fingerprint density at radius 3 is 2.60 bits per heavy atom. The van der Waals surface area contributed by atoms with E-state index in [1.165, 1.54) is 4.68 Å². The lowest BCUT2D eigenvalue weighted by molar-refractivity contribution is 0.121. The summed E-state index contributed by atoms with van der Waals surface area (Å²) in [4.78, 5) is 0. The number of hydrogen-bond donors (Lipinski definition) is 1. The van der Waals surface area contributed by atoms with Crippen LogP contribution in [0.25, 0.3) is 0 Å². The highest BCUT2D eigenvalue weighted by atomic mass is 19.3. The molecule has 1 heterocycles. The van der Waals surface area contributed by atoms with Gasteiger partial charge in [-0.2, -0.15) is 5.10 Å². The maximum absolute atomic E-state index is 12.2. The van der Waals surface area contributed by atoms with Crippen LogP contribution in [0, 0.1) is 0 Å². The van der Waals surface area contributed by atoms with E-state index in [9.17, 15) is 8.78 Å². The van der Waals surface area contributed by atoms with Crippen LogP contribution in [0.2, 0.25) is 0 Å². The van der Waals surface area contributed by atoms with Crippen LogP contribution in [0.3, 0.4) is 0 Å². The summed E-state index contributed by atoms with van der Waals surface area (Å²) < 4.78 is 30.7. The molecule has 108 valence electrons. The van der Waals surface area contributed by atoms with Crippen molar-refractivity contribution >= 4 is 0 Å². The second kappa shape index (κ2) is 7.00. The molecule has 0 radical (unpaired) electrons. The van der Waals surface area contributed by atoms with E-state index in [0.29, 0.717) is 13.1 Å². The lowest BCUT2D eigenvalue weighted by Crippen LogP contribution is -2.14. The Balaban J connectivity index is 1.78. The Morgan fingerprint density at radius 2 is 1.95 bits per heavy atom. The zero-order valence-corrected chi connectivity index (χ0v) is 11.2. The molecule has 4 nitrogen and oxygen atoms in total. The third kappa shape index (κ3) is 4.31. The molecule has 20 heavy (non-hydrogen) atoms. The fourth-order valence-corrected chi connectivity index (χ4v) is 1.82. The van der Waals surface area contributed by atoms with E-state index in [-0.39, 0.29) is 6.54 Å². The number of hydrogen-bond acceptors (Lipinski definition) is 3. The molecule has 0 spiro atoms. The molecule has 0 aliphatic rings. The first kappa shape index (κ1) is 14.5. The van der Waals surface area contributed by atoms with E-state index in [2.05, 4.69) is 10.4 Å². The summed E-state index contributed by atoms with van der Waals surface area (Å²) in [7, 11) is 1.63. The lowest BCUT2D eigenvalue weighted by Gasteiger charge is -2.05. The number of halogens is 2. The molecule has 0 atom stereocenters. The van der Waals surface area contributed by atoms with Gasteiger partial charge >= 0.3 is 0 Å². The van der Waals surface area contributed by atoms with E-state index in [1.54, 1.807) is 19.4 Å². The van der Waals surface area contributed by atoms with E-state index in [4.69, 9.17) is 4.74 Å². The first-order chi connectivity index (χ1) is 9.67. The van der Waals surface area contributed by atoms with Crippen molar-refractivity contribution in [1.82, 2.24) is 15.1 Å². The predicted octanol–water partition coefficient (Wildman–Crippen LogP) is 2.45. The molecule has 0 amide bonds. The number of nitrogens with one attached hydrogen (secondary N) is 1. The maximum atomic E-state index is 12.2. The zero-order valence-electron chi connectivity index (χ0n) is 11.2. The topological polar surface area (TPSA) is 39.1 Å². The standard InChI is InChI=1S/C14H17F2N3O/c1-20-13-4-2-11(3-5-13)8-17-9-12-6-7-19(18-12)10-14(15)16/h2-7,14,17H,8-10H2,1H3. The van der Waals surface area contributed by atoms with Crippen molar-refractivity contribution in [2.45, 2.75) is 26.1 Å².